The van der Waals surface area contributed by atoms with Crippen molar-refractivity contribution in [3.8, 4) is 5.75 Å². The maximum absolute atomic E-state index is 10.8. The molecule has 0 N–H and O–H groups in total. The van der Waals surface area contributed by atoms with Crippen LogP contribution >= 0.6 is 0 Å². The highest BCUT2D eigenvalue weighted by Crippen LogP contribution is 2.19. The van der Waals surface area contributed by atoms with Gasteiger partial charge in [-0.3, -0.25) is 10.1 Å². The first-order valence-electron chi connectivity index (χ1n) is 7.81. The van der Waals surface area contributed by atoms with Crippen LogP contribution in [0, 0.1) is 10.1 Å². The average Bonchev–Trinajstić information content (AvgIpc) is 2.64. The van der Waals surface area contributed by atoms with E-state index in [0.29, 0.717) is 12.3 Å². The van der Waals surface area contributed by atoms with Gasteiger partial charge >= 0.3 is 0 Å². The number of nitro benzene ring substituents is 1. The minimum Gasteiger partial charge on any atom is -0.489 e. The van der Waals surface area contributed by atoms with Gasteiger partial charge in [-0.2, -0.15) is 0 Å². The Kier molecular flexibility index (Phi) is 6.28. The molecule has 6 nitrogen and oxygen atoms in total. The predicted molar refractivity (Wildman–Crippen MR) is 97.1 cm³/mol. The van der Waals surface area contributed by atoms with Crippen LogP contribution in [0.1, 0.15) is 24.5 Å². The number of hydrogen-bond acceptors (Lipinski definition) is 5. The molecule has 0 unspecified atom stereocenters. The van der Waals surface area contributed by atoms with Crippen LogP contribution in [0.25, 0.3) is 0 Å². The van der Waals surface area contributed by atoms with E-state index in [-0.39, 0.29) is 5.69 Å². The lowest BCUT2D eigenvalue weighted by Gasteiger charge is -2.09. The first-order chi connectivity index (χ1) is 12.0. The molecular weight excluding hydrogens is 320 g/mol. The van der Waals surface area contributed by atoms with Crippen LogP contribution in [0.3, 0.4) is 0 Å². The molecule has 0 bridgehead atoms. The summed E-state index contributed by atoms with van der Waals surface area (Å²) in [6.07, 6.45) is 0.878. The fourth-order valence-electron chi connectivity index (χ4n) is 2.10. The molecule has 0 saturated heterocycles. The Morgan fingerprint density at radius 1 is 1.12 bits per heavy atom. The summed E-state index contributed by atoms with van der Waals surface area (Å²) in [5, 5.41) is 14.8. The fraction of sp³-hybridized carbons (Fsp3) is 0.211. The number of benzene rings is 2. The van der Waals surface area contributed by atoms with Gasteiger partial charge in [0.2, 0.25) is 0 Å². The lowest BCUT2D eigenvalue weighted by atomic mass is 10.0. The zero-order chi connectivity index (χ0) is 18.2. The molecule has 0 heterocycles. The third kappa shape index (κ3) is 4.91. The largest absolute Gasteiger partial charge is 0.489 e. The molecule has 0 radical (unpaired) electrons. The summed E-state index contributed by atoms with van der Waals surface area (Å²) >= 11 is 0. The minimum atomic E-state index is -0.437. The molecule has 0 aromatic heterocycles. The second kappa shape index (κ2) is 8.63. The first kappa shape index (κ1) is 18.2. The molecule has 0 fully saturated rings. The van der Waals surface area contributed by atoms with Crippen LogP contribution in [0.4, 0.5) is 5.69 Å². The van der Waals surface area contributed by atoms with Crippen molar-refractivity contribution in [3.05, 3.63) is 81.9 Å². The molecule has 0 aliphatic carbocycles. The third-order valence-corrected chi connectivity index (χ3v) is 3.60. The van der Waals surface area contributed by atoms with Gasteiger partial charge in [0.05, 0.1) is 4.92 Å². The number of hydrogen-bond donors (Lipinski definition) is 0. The second-order valence-electron chi connectivity index (χ2n) is 5.34. The molecule has 0 saturated carbocycles. The van der Waals surface area contributed by atoms with E-state index >= 15 is 0 Å². The van der Waals surface area contributed by atoms with Crippen molar-refractivity contribution in [1.82, 2.24) is 0 Å². The number of nitro groups is 1. The molecule has 25 heavy (non-hydrogen) atoms. The topological polar surface area (TPSA) is 74.0 Å². The SMILES string of the molecule is C=C(CC)COc1ccc(/C(=N\OC)c2ccc([N+](=O)[O-])cc2)cc1. The summed E-state index contributed by atoms with van der Waals surface area (Å²) in [6, 6.07) is 13.6. The lowest BCUT2D eigenvalue weighted by Crippen LogP contribution is -2.05. The van der Waals surface area contributed by atoms with Crippen LogP contribution in [0.5, 0.6) is 5.75 Å². The van der Waals surface area contributed by atoms with Crippen LogP contribution in [0.2, 0.25) is 0 Å². The molecule has 2 rings (SSSR count). The number of rotatable bonds is 8. The standard InChI is InChI=1S/C19H20N2O4/c1-4-14(2)13-25-18-11-7-16(8-12-18)19(20-24-3)15-5-9-17(10-6-15)21(22)23/h5-12H,2,4,13H2,1,3H3/b20-19-. The number of nitrogens with zero attached hydrogens (tertiary/aromatic N) is 2. The summed E-state index contributed by atoms with van der Waals surface area (Å²) in [6.45, 7) is 6.43. The zero-order valence-corrected chi connectivity index (χ0v) is 14.3. The Balaban J connectivity index is 2.21. The van der Waals surface area contributed by atoms with Crippen LogP contribution in [-0.2, 0) is 4.84 Å². The Hall–Kier alpha value is -3.15. The minimum absolute atomic E-state index is 0.0282. The van der Waals surface area contributed by atoms with Crippen molar-refractivity contribution in [3.63, 3.8) is 0 Å². The van der Waals surface area contributed by atoms with Crippen LogP contribution < -0.4 is 4.74 Å². The van der Waals surface area contributed by atoms with Crippen molar-refractivity contribution in [2.24, 2.45) is 5.16 Å². The number of ether oxygens (including phenoxy) is 1. The molecule has 2 aromatic rings. The van der Waals surface area contributed by atoms with Gasteiger partial charge in [-0.25, -0.2) is 0 Å². The fourth-order valence-corrected chi connectivity index (χ4v) is 2.10. The van der Waals surface area contributed by atoms with Gasteiger partial charge in [0.25, 0.3) is 5.69 Å². The van der Waals surface area contributed by atoms with Gasteiger partial charge < -0.3 is 9.57 Å². The zero-order valence-electron chi connectivity index (χ0n) is 14.3. The van der Waals surface area contributed by atoms with Gasteiger partial charge in [-0.1, -0.05) is 18.7 Å². The quantitative estimate of drug-likeness (QED) is 0.310. The molecule has 130 valence electrons. The van der Waals surface area contributed by atoms with Crippen molar-refractivity contribution in [2.75, 3.05) is 13.7 Å². The molecule has 0 aliphatic rings. The number of non-ortho nitro benzene ring substituents is 1. The average molecular weight is 340 g/mol. The highest BCUT2D eigenvalue weighted by molar-refractivity contribution is 6.12. The molecule has 2 aromatic carbocycles. The Bertz CT molecular complexity index is 765. The maximum atomic E-state index is 10.8. The summed E-state index contributed by atoms with van der Waals surface area (Å²) < 4.78 is 5.66. The van der Waals surface area contributed by atoms with Crippen molar-refractivity contribution in [1.29, 1.82) is 0 Å². The molecule has 0 aliphatic heterocycles. The van der Waals surface area contributed by atoms with Crippen LogP contribution in [0.15, 0.2) is 65.8 Å². The van der Waals surface area contributed by atoms with Crippen LogP contribution in [-0.4, -0.2) is 24.4 Å². The maximum Gasteiger partial charge on any atom is 0.269 e. The van der Waals surface area contributed by atoms with Gasteiger partial charge in [0.1, 0.15) is 25.2 Å². The Labute approximate surface area is 146 Å². The van der Waals surface area contributed by atoms with Crippen molar-refractivity contribution in [2.45, 2.75) is 13.3 Å². The molecule has 0 amide bonds. The van der Waals surface area contributed by atoms with E-state index in [0.717, 1.165) is 28.9 Å². The summed E-state index contributed by atoms with van der Waals surface area (Å²) in [4.78, 5) is 15.3. The summed E-state index contributed by atoms with van der Waals surface area (Å²) in [5.41, 5.74) is 3.18. The van der Waals surface area contributed by atoms with Gasteiger partial charge in [-0.15, -0.1) is 0 Å². The predicted octanol–water partition coefficient (Wildman–Crippen LogP) is 4.34. The molecule has 6 heteroatoms. The van der Waals surface area contributed by atoms with E-state index < -0.39 is 4.92 Å². The third-order valence-electron chi connectivity index (χ3n) is 3.60. The van der Waals surface area contributed by atoms with Crippen molar-refractivity contribution < 1.29 is 14.5 Å². The van der Waals surface area contributed by atoms with E-state index in [9.17, 15) is 10.1 Å². The first-order valence-corrected chi connectivity index (χ1v) is 7.81. The highest BCUT2D eigenvalue weighted by Gasteiger charge is 2.11. The Morgan fingerprint density at radius 2 is 1.68 bits per heavy atom. The summed E-state index contributed by atoms with van der Waals surface area (Å²) in [5.74, 6) is 0.735. The number of oxime groups is 1. The molecule has 0 spiro atoms. The van der Waals surface area contributed by atoms with E-state index in [1.54, 1.807) is 12.1 Å². The normalized spacial score (nSPS) is 11.0. The van der Waals surface area contributed by atoms with E-state index in [2.05, 4.69) is 11.7 Å². The van der Waals surface area contributed by atoms with E-state index in [1.165, 1.54) is 19.2 Å². The van der Waals surface area contributed by atoms with Gasteiger partial charge in [0.15, 0.2) is 0 Å². The van der Waals surface area contributed by atoms with E-state index in [1.807, 2.05) is 31.2 Å². The smallest absolute Gasteiger partial charge is 0.269 e. The monoisotopic (exact) mass is 340 g/mol. The molecule has 0 atom stereocenters. The second-order valence-corrected chi connectivity index (χ2v) is 5.34. The van der Waals surface area contributed by atoms with Crippen molar-refractivity contribution >= 4 is 11.4 Å². The van der Waals surface area contributed by atoms with Gasteiger partial charge in [-0.05, 0) is 48.4 Å². The molecular formula is C19H20N2O4. The lowest BCUT2D eigenvalue weighted by molar-refractivity contribution is -0.384. The Morgan fingerprint density at radius 3 is 2.16 bits per heavy atom. The summed E-state index contributed by atoms with van der Waals surface area (Å²) in [7, 11) is 1.46. The highest BCUT2D eigenvalue weighted by atomic mass is 16.6. The van der Waals surface area contributed by atoms with E-state index in [4.69, 9.17) is 9.57 Å². The van der Waals surface area contributed by atoms with Gasteiger partial charge in [0, 0.05) is 23.3 Å².